The zero-order chi connectivity index (χ0) is 25.2. The highest BCUT2D eigenvalue weighted by Crippen LogP contribution is 2.28. The van der Waals surface area contributed by atoms with Gasteiger partial charge in [0.2, 0.25) is 0 Å². The van der Waals surface area contributed by atoms with E-state index in [9.17, 15) is 9.90 Å². The quantitative estimate of drug-likeness (QED) is 0.405. The third kappa shape index (κ3) is 7.40. The van der Waals surface area contributed by atoms with Gasteiger partial charge in [0.05, 0.1) is 25.4 Å². The van der Waals surface area contributed by atoms with E-state index in [2.05, 4.69) is 0 Å². The first-order chi connectivity index (χ1) is 17.6. The molecule has 3 aromatic rings. The Balaban J connectivity index is 1.54. The van der Waals surface area contributed by atoms with E-state index in [1.165, 1.54) is 0 Å². The van der Waals surface area contributed by atoms with Crippen LogP contribution < -0.4 is 0 Å². The summed E-state index contributed by atoms with van der Waals surface area (Å²) in [7, 11) is 0. The maximum atomic E-state index is 13.5. The number of aliphatic hydroxyl groups excluding tert-OH is 1. The molecule has 4 atom stereocenters. The molecule has 0 radical (unpaired) electrons. The zero-order valence-corrected chi connectivity index (χ0v) is 20.7. The van der Waals surface area contributed by atoms with Gasteiger partial charge in [-0.2, -0.15) is 0 Å². The normalized spacial score (nSPS) is 20.4. The van der Waals surface area contributed by atoms with Crippen molar-refractivity contribution in [3.8, 4) is 0 Å². The van der Waals surface area contributed by atoms with E-state index < -0.39 is 18.4 Å². The molecule has 1 aliphatic heterocycles. The van der Waals surface area contributed by atoms with Gasteiger partial charge in [-0.3, -0.25) is 4.90 Å². The molecule has 0 spiro atoms. The number of benzene rings is 3. The van der Waals surface area contributed by atoms with Crippen molar-refractivity contribution in [1.82, 2.24) is 4.90 Å². The van der Waals surface area contributed by atoms with Crippen LogP contribution in [0, 0.1) is 5.92 Å². The lowest BCUT2D eigenvalue weighted by atomic mass is 9.94. The fourth-order valence-corrected chi connectivity index (χ4v) is 4.40. The minimum absolute atomic E-state index is 0.0414. The van der Waals surface area contributed by atoms with E-state index in [-0.39, 0.29) is 25.2 Å². The molecule has 1 amide bonds. The van der Waals surface area contributed by atoms with Crippen LogP contribution in [0.5, 0.6) is 0 Å². The number of carbonyl (C=O) groups is 1. The van der Waals surface area contributed by atoms with Gasteiger partial charge >= 0.3 is 6.09 Å². The van der Waals surface area contributed by atoms with Gasteiger partial charge < -0.3 is 19.3 Å². The van der Waals surface area contributed by atoms with E-state index in [0.717, 1.165) is 29.5 Å². The number of nitrogens with zero attached hydrogens (tertiary/aromatic N) is 1. The smallest absolute Gasteiger partial charge is 0.410 e. The highest BCUT2D eigenvalue weighted by Gasteiger charge is 2.38. The Labute approximate surface area is 213 Å². The molecule has 3 aromatic carbocycles. The summed E-state index contributed by atoms with van der Waals surface area (Å²) < 4.78 is 17.9. The lowest BCUT2D eigenvalue weighted by Crippen LogP contribution is -2.53. The van der Waals surface area contributed by atoms with Gasteiger partial charge in [0.1, 0.15) is 6.61 Å². The molecule has 6 nitrogen and oxygen atoms in total. The number of aliphatic hydroxyl groups is 1. The van der Waals surface area contributed by atoms with Crippen molar-refractivity contribution in [3.63, 3.8) is 0 Å². The van der Waals surface area contributed by atoms with Crippen LogP contribution in [0.2, 0.25) is 0 Å². The number of carbonyl (C=O) groups excluding carboxylic acids is 1. The summed E-state index contributed by atoms with van der Waals surface area (Å²) in [5, 5.41) is 10.5. The monoisotopic (exact) mass is 489 g/mol. The fourth-order valence-electron chi connectivity index (χ4n) is 4.40. The Morgan fingerprint density at radius 1 is 0.889 bits per heavy atom. The molecule has 1 heterocycles. The topological polar surface area (TPSA) is 68.2 Å². The lowest BCUT2D eigenvalue weighted by molar-refractivity contribution is -0.208. The standard InChI is InChI=1S/C30H35NO5/c1-23-17-18-28(36-29(23)32)27(22-34-20-25-13-7-3-8-14-25)31(19-24-11-5-2-6-12-24)30(33)35-21-26-15-9-4-10-16-26/h2-16,23,27-29,32H,17-22H2,1H3/t23-,27-,28+,29?/m1/s1. The van der Waals surface area contributed by atoms with E-state index in [1.54, 1.807) is 4.90 Å². The Kier molecular flexibility index (Phi) is 9.50. The van der Waals surface area contributed by atoms with Crippen LogP contribution in [0.15, 0.2) is 91.0 Å². The summed E-state index contributed by atoms with van der Waals surface area (Å²) in [5.74, 6) is 0.0414. The average Bonchev–Trinajstić information content (AvgIpc) is 2.92. The molecule has 36 heavy (non-hydrogen) atoms. The highest BCUT2D eigenvalue weighted by atomic mass is 16.6. The third-order valence-corrected chi connectivity index (χ3v) is 6.57. The number of rotatable bonds is 10. The van der Waals surface area contributed by atoms with Gasteiger partial charge in [-0.1, -0.05) is 97.9 Å². The van der Waals surface area contributed by atoms with Crippen LogP contribution in [-0.2, 0) is 34.0 Å². The summed E-state index contributed by atoms with van der Waals surface area (Å²) in [6.45, 7) is 3.17. The molecule has 190 valence electrons. The van der Waals surface area contributed by atoms with Crippen LogP contribution in [0.1, 0.15) is 36.5 Å². The minimum Gasteiger partial charge on any atom is -0.445 e. The van der Waals surface area contributed by atoms with Crippen molar-refractivity contribution < 1.29 is 24.1 Å². The maximum absolute atomic E-state index is 13.5. The zero-order valence-electron chi connectivity index (χ0n) is 20.7. The molecule has 1 N–H and O–H groups in total. The van der Waals surface area contributed by atoms with E-state index in [1.807, 2.05) is 97.9 Å². The van der Waals surface area contributed by atoms with Gasteiger partial charge in [0, 0.05) is 12.5 Å². The third-order valence-electron chi connectivity index (χ3n) is 6.57. The molecule has 1 aliphatic rings. The fraction of sp³-hybridized carbons (Fsp3) is 0.367. The number of amides is 1. The van der Waals surface area contributed by atoms with E-state index >= 15 is 0 Å². The molecule has 6 heteroatoms. The first-order valence-electron chi connectivity index (χ1n) is 12.6. The predicted octanol–water partition coefficient (Wildman–Crippen LogP) is 5.54. The molecular formula is C30H35NO5. The van der Waals surface area contributed by atoms with Crippen molar-refractivity contribution in [2.45, 2.75) is 58.0 Å². The molecule has 4 rings (SSSR count). The minimum atomic E-state index is -0.876. The summed E-state index contributed by atoms with van der Waals surface area (Å²) in [6, 6.07) is 28.9. The van der Waals surface area contributed by atoms with Gasteiger partial charge in [0.15, 0.2) is 6.29 Å². The molecule has 1 fully saturated rings. The molecule has 0 saturated carbocycles. The molecule has 0 aliphatic carbocycles. The number of hydrogen-bond acceptors (Lipinski definition) is 5. The van der Waals surface area contributed by atoms with E-state index in [0.29, 0.717) is 13.2 Å². The van der Waals surface area contributed by atoms with Crippen LogP contribution in [0.25, 0.3) is 0 Å². The van der Waals surface area contributed by atoms with Crippen molar-refractivity contribution in [3.05, 3.63) is 108 Å². The first kappa shape index (κ1) is 25.9. The van der Waals surface area contributed by atoms with Crippen LogP contribution >= 0.6 is 0 Å². The summed E-state index contributed by atoms with van der Waals surface area (Å²) in [4.78, 5) is 15.2. The average molecular weight is 490 g/mol. The van der Waals surface area contributed by atoms with Crippen LogP contribution in [0.3, 0.4) is 0 Å². The summed E-state index contributed by atoms with van der Waals surface area (Å²) in [5.41, 5.74) is 2.95. The predicted molar refractivity (Wildman–Crippen MR) is 138 cm³/mol. The molecule has 1 saturated heterocycles. The Bertz CT molecular complexity index is 1050. The molecule has 0 aromatic heterocycles. The Hall–Kier alpha value is -3.19. The molecule has 1 unspecified atom stereocenters. The van der Waals surface area contributed by atoms with Gasteiger partial charge in [0.25, 0.3) is 0 Å². The summed E-state index contributed by atoms with van der Waals surface area (Å²) in [6.07, 6.45) is -0.166. The van der Waals surface area contributed by atoms with Crippen LogP contribution in [0.4, 0.5) is 4.79 Å². The lowest BCUT2D eigenvalue weighted by Gasteiger charge is -2.40. The summed E-state index contributed by atoms with van der Waals surface area (Å²) >= 11 is 0. The molecule has 0 bridgehead atoms. The SMILES string of the molecule is C[C@@H]1CC[C@@H]([C@@H](COCc2ccccc2)N(Cc2ccccc2)C(=O)OCc2ccccc2)OC1O. The van der Waals surface area contributed by atoms with Gasteiger partial charge in [-0.25, -0.2) is 4.79 Å². The van der Waals surface area contributed by atoms with Crippen LogP contribution in [-0.4, -0.2) is 41.1 Å². The second-order valence-electron chi connectivity index (χ2n) is 9.34. The van der Waals surface area contributed by atoms with Gasteiger partial charge in [-0.15, -0.1) is 0 Å². The van der Waals surface area contributed by atoms with Crippen molar-refractivity contribution in [1.29, 1.82) is 0 Å². The molecular weight excluding hydrogens is 454 g/mol. The van der Waals surface area contributed by atoms with Crippen molar-refractivity contribution >= 4 is 6.09 Å². The van der Waals surface area contributed by atoms with Crippen molar-refractivity contribution in [2.24, 2.45) is 5.92 Å². The van der Waals surface area contributed by atoms with Crippen molar-refractivity contribution in [2.75, 3.05) is 6.61 Å². The first-order valence-corrected chi connectivity index (χ1v) is 12.6. The number of hydrogen-bond donors (Lipinski definition) is 1. The highest BCUT2D eigenvalue weighted by molar-refractivity contribution is 5.68. The van der Waals surface area contributed by atoms with Gasteiger partial charge in [-0.05, 0) is 29.5 Å². The maximum Gasteiger partial charge on any atom is 0.410 e. The Morgan fingerprint density at radius 2 is 1.44 bits per heavy atom. The number of ether oxygens (including phenoxy) is 3. The second-order valence-corrected chi connectivity index (χ2v) is 9.34. The van der Waals surface area contributed by atoms with E-state index in [4.69, 9.17) is 14.2 Å². The second kappa shape index (κ2) is 13.2. The largest absolute Gasteiger partial charge is 0.445 e. The Morgan fingerprint density at radius 3 is 2.03 bits per heavy atom.